The van der Waals surface area contributed by atoms with Gasteiger partial charge in [0.05, 0.1) is 0 Å². The van der Waals surface area contributed by atoms with E-state index in [1.165, 1.54) is 0 Å². The predicted octanol–water partition coefficient (Wildman–Crippen LogP) is 8.51. The van der Waals surface area contributed by atoms with Gasteiger partial charge in [-0.2, -0.15) is 57.1 Å². The normalized spacial score (nSPS) is 15.6. The average molecular weight is 534 g/mol. The van der Waals surface area contributed by atoms with Gasteiger partial charge >= 0.3 is 35.8 Å². The van der Waals surface area contributed by atoms with Gasteiger partial charge in [0, 0.05) is 18.6 Å². The number of hydrogen-bond donors (Lipinski definition) is 0. The molecule has 0 N–H and O–H groups in total. The zero-order chi connectivity index (χ0) is 26.5. The summed E-state index contributed by atoms with van der Waals surface area (Å²) in [7, 11) is 0. The van der Waals surface area contributed by atoms with Crippen LogP contribution in [0.3, 0.4) is 0 Å². The smallest absolute Gasteiger partial charge is 0.288 e. The quantitative estimate of drug-likeness (QED) is 0.164. The fraction of sp³-hybridized carbons (Fsp3) is 0.944. The average Bonchev–Trinajstić information content (AvgIpc) is 2.62. The highest BCUT2D eigenvalue weighted by Crippen LogP contribution is 2.61. The first kappa shape index (κ1) is 32.1. The van der Waals surface area contributed by atoms with Crippen LogP contribution in [-0.2, 0) is 4.79 Å². The van der Waals surface area contributed by atoms with Gasteiger partial charge in [-0.05, 0) is 6.42 Å². The van der Waals surface area contributed by atoms with E-state index in [-0.39, 0.29) is 18.2 Å². The molecule has 0 aliphatic carbocycles. The molecule has 0 saturated heterocycles. The molecular weight excluding hydrogens is 511 g/mol. The summed E-state index contributed by atoms with van der Waals surface area (Å²) in [5, 5.41) is -2.71. The number of carbonyl (C=O) groups is 1. The standard InChI is InChI=1S/C18H23F13OS/c1-3-4-5-6-7-8-9-12(33-11(2)32)10-13(19,20)14(21,22)15(23,24)16(25,26)17(27,28)18(29,30)31/h12H,3-10H2,1-2H3. The molecule has 0 heterocycles. The van der Waals surface area contributed by atoms with Crippen LogP contribution in [0.25, 0.3) is 0 Å². The van der Waals surface area contributed by atoms with Crippen molar-refractivity contribution in [2.24, 2.45) is 0 Å². The summed E-state index contributed by atoms with van der Waals surface area (Å²) in [6, 6.07) is 0. The zero-order valence-electron chi connectivity index (χ0n) is 17.5. The molecule has 198 valence electrons. The summed E-state index contributed by atoms with van der Waals surface area (Å²) in [5.74, 6) is -36.9. The third-order valence-electron chi connectivity index (χ3n) is 4.69. The fourth-order valence-corrected chi connectivity index (χ4v) is 3.85. The minimum Gasteiger partial charge on any atom is -0.288 e. The van der Waals surface area contributed by atoms with E-state index in [0.717, 1.165) is 26.2 Å². The summed E-state index contributed by atoms with van der Waals surface area (Å²) in [4.78, 5) is 11.2. The molecule has 1 unspecified atom stereocenters. The van der Waals surface area contributed by atoms with Gasteiger partial charge in [-0.3, -0.25) is 4.79 Å². The number of alkyl halides is 13. The van der Waals surface area contributed by atoms with Crippen LogP contribution in [-0.4, -0.2) is 46.2 Å². The van der Waals surface area contributed by atoms with E-state index < -0.39 is 59.0 Å². The first-order chi connectivity index (χ1) is 14.6. The van der Waals surface area contributed by atoms with Gasteiger partial charge < -0.3 is 0 Å². The SMILES string of the molecule is CCCCCCCCC(CC(F)(F)C(F)(F)C(F)(F)C(F)(F)C(F)(F)C(F)(F)F)SC(C)=O. The molecule has 0 radical (unpaired) electrons. The summed E-state index contributed by atoms with van der Waals surface area (Å²) in [5.41, 5.74) is 0. The van der Waals surface area contributed by atoms with E-state index in [9.17, 15) is 61.9 Å². The van der Waals surface area contributed by atoms with Crippen molar-refractivity contribution in [3.05, 3.63) is 0 Å². The maximum absolute atomic E-state index is 14.1. The van der Waals surface area contributed by atoms with Gasteiger partial charge in [0.25, 0.3) is 0 Å². The van der Waals surface area contributed by atoms with E-state index in [2.05, 4.69) is 0 Å². The second-order valence-corrected chi connectivity index (χ2v) is 8.97. The molecule has 0 spiro atoms. The number of halogens is 13. The first-order valence-corrected chi connectivity index (χ1v) is 10.6. The molecule has 0 aromatic rings. The van der Waals surface area contributed by atoms with Crippen LogP contribution in [0.4, 0.5) is 57.1 Å². The number of rotatable bonds is 14. The summed E-state index contributed by atoms with van der Waals surface area (Å²) < 4.78 is 172. The van der Waals surface area contributed by atoms with Crippen molar-refractivity contribution in [2.45, 2.75) is 106 Å². The summed E-state index contributed by atoms with van der Waals surface area (Å²) in [6.07, 6.45) is -6.71. The Kier molecular flexibility index (Phi) is 10.9. The van der Waals surface area contributed by atoms with Gasteiger partial charge in [-0.1, -0.05) is 57.2 Å². The number of carbonyl (C=O) groups excluding carboxylic acids is 1. The molecule has 0 aromatic carbocycles. The van der Waals surface area contributed by atoms with Crippen LogP contribution in [0.2, 0.25) is 0 Å². The zero-order valence-corrected chi connectivity index (χ0v) is 18.3. The molecule has 0 bridgehead atoms. The molecule has 0 saturated carbocycles. The Morgan fingerprint density at radius 1 is 0.667 bits per heavy atom. The number of hydrogen-bond acceptors (Lipinski definition) is 2. The molecule has 0 rings (SSSR count). The van der Waals surface area contributed by atoms with Crippen LogP contribution in [0.15, 0.2) is 0 Å². The molecule has 0 amide bonds. The number of unbranched alkanes of at least 4 members (excludes halogenated alkanes) is 5. The minimum atomic E-state index is -7.91. The van der Waals surface area contributed by atoms with Crippen LogP contribution < -0.4 is 0 Å². The van der Waals surface area contributed by atoms with E-state index in [4.69, 9.17) is 0 Å². The predicted molar refractivity (Wildman–Crippen MR) is 95.5 cm³/mol. The molecule has 33 heavy (non-hydrogen) atoms. The Morgan fingerprint density at radius 3 is 1.52 bits per heavy atom. The third kappa shape index (κ3) is 7.06. The lowest BCUT2D eigenvalue weighted by Gasteiger charge is -2.40. The van der Waals surface area contributed by atoms with Crippen molar-refractivity contribution in [1.29, 1.82) is 0 Å². The molecule has 0 aliphatic heterocycles. The molecular formula is C18H23F13OS. The molecule has 1 nitrogen and oxygen atoms in total. The van der Waals surface area contributed by atoms with E-state index in [0.29, 0.717) is 12.8 Å². The Hall–Kier alpha value is -0.890. The summed E-state index contributed by atoms with van der Waals surface area (Å²) in [6.45, 7) is 2.72. The van der Waals surface area contributed by atoms with E-state index in [1.807, 2.05) is 6.92 Å². The van der Waals surface area contributed by atoms with Gasteiger partial charge in [-0.15, -0.1) is 0 Å². The molecule has 15 heteroatoms. The highest BCUT2D eigenvalue weighted by molar-refractivity contribution is 8.14. The van der Waals surface area contributed by atoms with Crippen molar-refractivity contribution in [2.75, 3.05) is 0 Å². The topological polar surface area (TPSA) is 17.1 Å². The Bertz CT molecular complexity index is 631. The molecule has 0 aliphatic rings. The highest BCUT2D eigenvalue weighted by atomic mass is 32.2. The molecule has 1 atom stereocenters. The lowest BCUT2D eigenvalue weighted by Crippen LogP contribution is -2.70. The number of thioether (sulfide) groups is 1. The highest BCUT2D eigenvalue weighted by Gasteiger charge is 2.90. The third-order valence-corrected chi connectivity index (χ3v) is 5.76. The second kappa shape index (κ2) is 11.2. The van der Waals surface area contributed by atoms with Gasteiger partial charge in [-0.25, -0.2) is 0 Å². The second-order valence-electron chi connectivity index (χ2n) is 7.49. The van der Waals surface area contributed by atoms with E-state index in [1.54, 1.807) is 0 Å². The van der Waals surface area contributed by atoms with Crippen LogP contribution in [0.5, 0.6) is 0 Å². The maximum Gasteiger partial charge on any atom is 0.460 e. The van der Waals surface area contributed by atoms with Crippen LogP contribution in [0, 0.1) is 0 Å². The summed E-state index contributed by atoms with van der Waals surface area (Å²) >= 11 is 0.0260. The monoisotopic (exact) mass is 534 g/mol. The lowest BCUT2D eigenvalue weighted by molar-refractivity contribution is -0.440. The van der Waals surface area contributed by atoms with Gasteiger partial charge in [0.1, 0.15) is 0 Å². The van der Waals surface area contributed by atoms with Crippen molar-refractivity contribution in [3.8, 4) is 0 Å². The lowest BCUT2D eigenvalue weighted by atomic mass is 9.91. The van der Waals surface area contributed by atoms with Crippen molar-refractivity contribution >= 4 is 16.9 Å². The van der Waals surface area contributed by atoms with E-state index >= 15 is 0 Å². The fourth-order valence-electron chi connectivity index (χ4n) is 2.81. The van der Waals surface area contributed by atoms with Gasteiger partial charge in [0.15, 0.2) is 5.12 Å². The van der Waals surface area contributed by atoms with Crippen LogP contribution in [0.1, 0.15) is 65.2 Å². The minimum absolute atomic E-state index is 0.0260. The van der Waals surface area contributed by atoms with Crippen LogP contribution >= 0.6 is 11.8 Å². The maximum atomic E-state index is 14.1. The first-order valence-electron chi connectivity index (χ1n) is 9.73. The molecule has 0 fully saturated rings. The Balaban J connectivity index is 5.78. The molecule has 0 aromatic heterocycles. The van der Waals surface area contributed by atoms with Crippen molar-refractivity contribution in [1.82, 2.24) is 0 Å². The largest absolute Gasteiger partial charge is 0.460 e. The van der Waals surface area contributed by atoms with Crippen molar-refractivity contribution < 1.29 is 61.9 Å². The Morgan fingerprint density at radius 2 is 1.09 bits per heavy atom. The Labute approximate surface area is 185 Å². The van der Waals surface area contributed by atoms with Gasteiger partial charge in [0.2, 0.25) is 0 Å². The van der Waals surface area contributed by atoms with Crippen molar-refractivity contribution in [3.63, 3.8) is 0 Å².